The molecule has 0 aliphatic heterocycles. The van der Waals surface area contributed by atoms with Crippen LogP contribution >= 0.6 is 0 Å². The highest BCUT2D eigenvalue weighted by Gasteiger charge is 2.63. The van der Waals surface area contributed by atoms with Gasteiger partial charge in [0.1, 0.15) is 0 Å². The Bertz CT molecular complexity index is 492. The molecule has 0 bridgehead atoms. The van der Waals surface area contributed by atoms with Crippen LogP contribution in [0.1, 0.15) is 65.2 Å². The quantitative estimate of drug-likeness (QED) is 0.737. The van der Waals surface area contributed by atoms with E-state index in [1.54, 1.807) is 0 Å². The van der Waals surface area contributed by atoms with Crippen molar-refractivity contribution in [3.63, 3.8) is 0 Å². The van der Waals surface area contributed by atoms with Gasteiger partial charge in [-0.25, -0.2) is 4.39 Å². The fourth-order valence-corrected chi connectivity index (χ4v) is 7.06. The van der Waals surface area contributed by atoms with Crippen LogP contribution < -0.4 is 0 Å². The van der Waals surface area contributed by atoms with Crippen molar-refractivity contribution in [1.82, 2.24) is 0 Å². The van der Waals surface area contributed by atoms with Crippen molar-refractivity contribution in [3.05, 3.63) is 0 Å². The SMILES string of the molecule is C[C@]12C(O)CCC[C@@H]1CC[C@@H]1[C@@H]2CC[C@]2(C)C(=O)[C@H](F)C[C@@H]12. The summed E-state index contributed by atoms with van der Waals surface area (Å²) >= 11 is 0. The highest BCUT2D eigenvalue weighted by Crippen LogP contribution is 2.65. The van der Waals surface area contributed by atoms with E-state index in [-0.39, 0.29) is 23.2 Å². The van der Waals surface area contributed by atoms with Gasteiger partial charge in [-0.3, -0.25) is 4.79 Å². The molecule has 0 saturated heterocycles. The number of ketones is 1. The molecule has 4 fully saturated rings. The summed E-state index contributed by atoms with van der Waals surface area (Å²) < 4.78 is 14.1. The van der Waals surface area contributed by atoms with Crippen molar-refractivity contribution in [2.24, 2.45) is 34.5 Å². The number of carbonyl (C=O) groups excluding carboxylic acids is 1. The number of hydrogen-bond acceptors (Lipinski definition) is 2. The van der Waals surface area contributed by atoms with Gasteiger partial charge in [0.15, 0.2) is 12.0 Å². The van der Waals surface area contributed by atoms with E-state index in [0.29, 0.717) is 24.2 Å². The van der Waals surface area contributed by atoms with Gasteiger partial charge in [0.05, 0.1) is 6.10 Å². The number of rotatable bonds is 0. The molecule has 4 aliphatic rings. The van der Waals surface area contributed by atoms with E-state index < -0.39 is 11.6 Å². The van der Waals surface area contributed by atoms with E-state index in [0.717, 1.165) is 38.5 Å². The van der Waals surface area contributed by atoms with Crippen LogP contribution in [0.5, 0.6) is 0 Å². The number of fused-ring (bicyclic) bond motifs is 5. The highest BCUT2D eigenvalue weighted by atomic mass is 19.1. The first-order valence-corrected chi connectivity index (χ1v) is 9.25. The summed E-state index contributed by atoms with van der Waals surface area (Å²) in [4.78, 5) is 12.3. The zero-order valence-corrected chi connectivity index (χ0v) is 13.9. The number of aliphatic hydroxyl groups excluding tert-OH is 1. The van der Waals surface area contributed by atoms with E-state index >= 15 is 0 Å². The van der Waals surface area contributed by atoms with Gasteiger partial charge in [-0.05, 0) is 74.0 Å². The van der Waals surface area contributed by atoms with E-state index in [9.17, 15) is 14.3 Å². The number of hydrogen-bond donors (Lipinski definition) is 1. The molecule has 2 nitrogen and oxygen atoms in total. The molecule has 0 aromatic rings. The lowest BCUT2D eigenvalue weighted by Crippen LogP contribution is -2.57. The van der Waals surface area contributed by atoms with Crippen LogP contribution in [0.15, 0.2) is 0 Å². The van der Waals surface area contributed by atoms with Crippen LogP contribution in [0, 0.1) is 34.5 Å². The topological polar surface area (TPSA) is 37.3 Å². The first-order chi connectivity index (χ1) is 10.4. The first kappa shape index (κ1) is 15.1. The van der Waals surface area contributed by atoms with Crippen molar-refractivity contribution in [2.45, 2.75) is 77.5 Å². The van der Waals surface area contributed by atoms with E-state index in [4.69, 9.17) is 0 Å². The molecule has 4 aliphatic carbocycles. The van der Waals surface area contributed by atoms with Crippen molar-refractivity contribution < 1.29 is 14.3 Å². The molecule has 4 rings (SSSR count). The van der Waals surface area contributed by atoms with Gasteiger partial charge in [0, 0.05) is 5.41 Å². The molecule has 0 spiro atoms. The lowest BCUT2D eigenvalue weighted by atomic mass is 9.44. The molecule has 8 atom stereocenters. The Labute approximate surface area is 132 Å². The molecule has 1 unspecified atom stereocenters. The van der Waals surface area contributed by atoms with Crippen molar-refractivity contribution in [2.75, 3.05) is 0 Å². The molecule has 0 heterocycles. The second kappa shape index (κ2) is 4.78. The molecular weight excluding hydrogens is 279 g/mol. The second-order valence-corrected chi connectivity index (χ2v) is 8.99. The van der Waals surface area contributed by atoms with Crippen molar-refractivity contribution in [3.8, 4) is 0 Å². The zero-order valence-electron chi connectivity index (χ0n) is 13.9. The van der Waals surface area contributed by atoms with Gasteiger partial charge in [-0.2, -0.15) is 0 Å². The van der Waals surface area contributed by atoms with Crippen molar-refractivity contribution >= 4 is 5.78 Å². The van der Waals surface area contributed by atoms with Gasteiger partial charge in [0.2, 0.25) is 0 Å². The second-order valence-electron chi connectivity index (χ2n) is 8.99. The third kappa shape index (κ3) is 1.72. The largest absolute Gasteiger partial charge is 0.393 e. The van der Waals surface area contributed by atoms with Gasteiger partial charge in [-0.15, -0.1) is 0 Å². The van der Waals surface area contributed by atoms with Crippen LogP contribution in [-0.2, 0) is 4.79 Å². The first-order valence-electron chi connectivity index (χ1n) is 9.25. The molecule has 1 N–H and O–H groups in total. The third-order valence-corrected chi connectivity index (χ3v) is 8.41. The number of halogens is 1. The summed E-state index contributed by atoms with van der Waals surface area (Å²) in [7, 11) is 0. The maximum atomic E-state index is 14.1. The minimum atomic E-state index is -1.24. The summed E-state index contributed by atoms with van der Waals surface area (Å²) in [6, 6.07) is 0. The Morgan fingerprint density at radius 2 is 1.86 bits per heavy atom. The lowest BCUT2D eigenvalue weighted by molar-refractivity contribution is -0.163. The summed E-state index contributed by atoms with van der Waals surface area (Å²) in [6.07, 6.45) is 6.42. The van der Waals surface area contributed by atoms with E-state index in [2.05, 4.69) is 6.92 Å². The Kier molecular flexibility index (Phi) is 3.28. The number of Topliss-reactive ketones (excluding diaryl/α,β-unsaturated/α-hetero) is 1. The smallest absolute Gasteiger partial charge is 0.173 e. The molecule has 0 aromatic carbocycles. The Balaban J connectivity index is 1.69. The van der Waals surface area contributed by atoms with Gasteiger partial charge in [0.25, 0.3) is 0 Å². The van der Waals surface area contributed by atoms with Crippen LogP contribution in [0.4, 0.5) is 4.39 Å². The van der Waals surface area contributed by atoms with Crippen LogP contribution in [0.3, 0.4) is 0 Å². The molecule has 0 radical (unpaired) electrons. The molecule has 4 saturated carbocycles. The van der Waals surface area contributed by atoms with Crippen molar-refractivity contribution in [1.29, 1.82) is 0 Å². The fraction of sp³-hybridized carbons (Fsp3) is 0.947. The molecular formula is C19H29FO2. The van der Waals surface area contributed by atoms with Crippen LogP contribution in [0.2, 0.25) is 0 Å². The zero-order chi connectivity index (χ0) is 15.7. The number of carbonyl (C=O) groups is 1. The van der Waals surface area contributed by atoms with Gasteiger partial charge in [-0.1, -0.05) is 20.3 Å². The predicted molar refractivity (Wildman–Crippen MR) is 83.0 cm³/mol. The summed E-state index contributed by atoms with van der Waals surface area (Å²) in [5.74, 6) is 1.63. The monoisotopic (exact) mass is 308 g/mol. The maximum Gasteiger partial charge on any atom is 0.173 e. The molecule has 0 amide bonds. The minimum absolute atomic E-state index is 0.0000557. The molecule has 3 heteroatoms. The normalized spacial score (nSPS) is 57.9. The molecule has 0 aromatic heterocycles. The Morgan fingerprint density at radius 1 is 1.09 bits per heavy atom. The van der Waals surface area contributed by atoms with Gasteiger partial charge >= 0.3 is 0 Å². The number of alkyl halides is 1. The molecule has 22 heavy (non-hydrogen) atoms. The molecule has 124 valence electrons. The minimum Gasteiger partial charge on any atom is -0.393 e. The fourth-order valence-electron chi connectivity index (χ4n) is 7.06. The summed E-state index contributed by atoms with van der Waals surface area (Å²) in [5.41, 5.74) is -0.427. The van der Waals surface area contributed by atoms with Crippen LogP contribution in [-0.4, -0.2) is 23.2 Å². The number of aliphatic hydroxyl groups is 1. The summed E-state index contributed by atoms with van der Waals surface area (Å²) in [5, 5.41) is 10.8. The highest BCUT2D eigenvalue weighted by molar-refractivity contribution is 5.91. The van der Waals surface area contributed by atoms with Crippen LogP contribution in [0.25, 0.3) is 0 Å². The standard InChI is InChI=1S/C19H29FO2/c1-18-9-8-13-12(14(18)10-15(20)17(18)22)7-6-11-4-3-5-16(21)19(11,13)2/h11-16,21H,3-10H2,1-2H3/t11-,12-,13+,14+,15-,16?,18+,19+/m1/s1. The average molecular weight is 308 g/mol. The Hall–Kier alpha value is -0.440. The third-order valence-electron chi connectivity index (χ3n) is 8.41. The van der Waals surface area contributed by atoms with E-state index in [1.165, 1.54) is 6.42 Å². The lowest BCUT2D eigenvalue weighted by Gasteiger charge is -2.60. The maximum absolute atomic E-state index is 14.1. The average Bonchev–Trinajstić information content (AvgIpc) is 2.72. The predicted octanol–water partition coefficient (Wildman–Crippen LogP) is 3.91. The summed E-state index contributed by atoms with van der Waals surface area (Å²) in [6.45, 7) is 4.31. The van der Waals surface area contributed by atoms with Gasteiger partial charge < -0.3 is 5.11 Å². The Morgan fingerprint density at radius 3 is 2.64 bits per heavy atom. The van der Waals surface area contributed by atoms with E-state index in [1.807, 2.05) is 6.92 Å².